The Balaban J connectivity index is 1.11. The predicted octanol–water partition coefficient (Wildman–Crippen LogP) is 5.79. The molecule has 2 aliphatic heterocycles. The topological polar surface area (TPSA) is 101 Å². The smallest absolute Gasteiger partial charge is 0.170 e. The van der Waals surface area contributed by atoms with Crippen molar-refractivity contribution in [3.8, 4) is 0 Å². The Bertz CT molecular complexity index is 1210. The van der Waals surface area contributed by atoms with E-state index in [4.69, 9.17) is 18.9 Å². The highest BCUT2D eigenvalue weighted by atomic mass is 16.7. The quantitative estimate of drug-likeness (QED) is 0.298. The first-order valence-electron chi connectivity index (χ1n) is 19.6. The van der Waals surface area contributed by atoms with Crippen molar-refractivity contribution in [2.75, 3.05) is 32.8 Å². The zero-order chi connectivity index (χ0) is 34.9. The lowest BCUT2D eigenvalue weighted by atomic mass is 9.41. The van der Waals surface area contributed by atoms with Gasteiger partial charge < -0.3 is 34.3 Å². The van der Waals surface area contributed by atoms with Gasteiger partial charge in [-0.2, -0.15) is 0 Å². The molecule has 7 fully saturated rings. The molecular weight excluding hydrogens is 606 g/mol. The Morgan fingerprint density at radius 3 is 2.31 bits per heavy atom. The summed E-state index contributed by atoms with van der Waals surface area (Å²) in [7, 11) is 0. The van der Waals surface area contributed by atoms with Crippen LogP contribution in [0, 0.1) is 50.7 Å². The number of morpholine rings is 1. The molecule has 276 valence electrons. The Labute approximate surface area is 291 Å². The number of β-amino-alcohol motifs (C(OH)–C–C–N with tert-alkyl or cyclic N) is 1. The third kappa shape index (κ3) is 5.10. The highest BCUT2D eigenvalue weighted by Gasteiger charge is 2.84. The summed E-state index contributed by atoms with van der Waals surface area (Å²) >= 11 is 0. The lowest BCUT2D eigenvalue weighted by Crippen LogP contribution is -2.60. The Kier molecular flexibility index (Phi) is 8.70. The fourth-order valence-electron chi connectivity index (χ4n) is 14.3. The van der Waals surface area contributed by atoms with E-state index in [9.17, 15) is 15.3 Å². The van der Waals surface area contributed by atoms with Gasteiger partial charge in [0.15, 0.2) is 6.29 Å². The van der Waals surface area contributed by atoms with Crippen molar-refractivity contribution in [2.24, 2.45) is 50.7 Å². The molecule has 0 aromatic carbocycles. The summed E-state index contributed by atoms with van der Waals surface area (Å²) in [6.07, 6.45) is 7.67. The number of ether oxygens (including phenoxy) is 4. The van der Waals surface area contributed by atoms with Gasteiger partial charge >= 0.3 is 0 Å². The van der Waals surface area contributed by atoms with E-state index in [0.717, 1.165) is 32.2 Å². The highest BCUT2D eigenvalue weighted by Crippen LogP contribution is 2.89. The van der Waals surface area contributed by atoms with Gasteiger partial charge in [-0.3, -0.25) is 4.90 Å². The van der Waals surface area contributed by atoms with Crippen LogP contribution >= 0.6 is 0 Å². The van der Waals surface area contributed by atoms with E-state index in [2.05, 4.69) is 39.5 Å². The van der Waals surface area contributed by atoms with Crippen molar-refractivity contribution < 1.29 is 34.3 Å². The van der Waals surface area contributed by atoms with Gasteiger partial charge in [-0.1, -0.05) is 34.6 Å². The molecule has 5 aliphatic carbocycles. The third-order valence-electron chi connectivity index (χ3n) is 16.2. The Hall–Kier alpha value is -0.320. The van der Waals surface area contributed by atoms with Crippen LogP contribution in [0.4, 0.5) is 0 Å². The minimum absolute atomic E-state index is 0.00695. The van der Waals surface area contributed by atoms with Gasteiger partial charge in [0.1, 0.15) is 6.10 Å². The van der Waals surface area contributed by atoms with E-state index in [1.807, 2.05) is 34.6 Å². The van der Waals surface area contributed by atoms with E-state index in [0.29, 0.717) is 55.4 Å². The average molecular weight is 676 g/mol. The second-order valence-corrected chi connectivity index (χ2v) is 20.1. The fraction of sp³-hybridized carbons (Fsp3) is 1.00. The first-order valence-corrected chi connectivity index (χ1v) is 19.6. The van der Waals surface area contributed by atoms with Crippen LogP contribution in [0.15, 0.2) is 0 Å². The molecule has 0 amide bonds. The van der Waals surface area contributed by atoms with Crippen LogP contribution in [-0.4, -0.2) is 101 Å². The van der Waals surface area contributed by atoms with Crippen molar-refractivity contribution in [3.05, 3.63) is 0 Å². The fourth-order valence-corrected chi connectivity index (χ4v) is 14.3. The SMILES string of the molecule is CCO[C@@H]([C@H]1C[C@@H](C)[C@H]2[C@H](O1)[C@H](O)[C@@]1(C)[C@@H]3CC[C@H]4C(C)(C)[C@@H](O[C@H]5CN(CC(C)(C)O)CCO5)CCC45C[C@@]35CC[C@]21C)C(C)(C)O. The molecule has 48 heavy (non-hydrogen) atoms. The van der Waals surface area contributed by atoms with Gasteiger partial charge in [0, 0.05) is 31.7 Å². The van der Waals surface area contributed by atoms with Crippen LogP contribution < -0.4 is 0 Å². The maximum Gasteiger partial charge on any atom is 0.170 e. The first kappa shape index (κ1) is 36.1. The van der Waals surface area contributed by atoms with Gasteiger partial charge in [-0.25, -0.2) is 0 Å². The molecule has 14 atom stereocenters. The minimum atomic E-state index is -1.02. The molecule has 1 unspecified atom stereocenters. The molecule has 2 heterocycles. The zero-order valence-electron chi connectivity index (χ0n) is 31.9. The van der Waals surface area contributed by atoms with E-state index in [-0.39, 0.29) is 46.3 Å². The summed E-state index contributed by atoms with van der Waals surface area (Å²) < 4.78 is 26.1. The molecule has 0 aromatic heterocycles. The van der Waals surface area contributed by atoms with Gasteiger partial charge in [0.2, 0.25) is 0 Å². The number of fused-ring (bicyclic) bond motifs is 4. The summed E-state index contributed by atoms with van der Waals surface area (Å²) in [6, 6.07) is 0. The van der Waals surface area contributed by atoms with E-state index in [1.54, 1.807) is 0 Å². The lowest BCUT2D eigenvalue weighted by Gasteiger charge is -2.64. The van der Waals surface area contributed by atoms with Crippen LogP contribution in [0.3, 0.4) is 0 Å². The number of aliphatic hydroxyl groups excluding tert-OH is 1. The van der Waals surface area contributed by atoms with Crippen LogP contribution in [0.1, 0.15) is 121 Å². The Morgan fingerprint density at radius 2 is 1.65 bits per heavy atom. The first-order chi connectivity index (χ1) is 22.2. The van der Waals surface area contributed by atoms with Crippen molar-refractivity contribution >= 4 is 0 Å². The number of nitrogens with zero attached hydrogens (tertiary/aromatic N) is 1. The molecule has 7 rings (SSSR count). The summed E-state index contributed by atoms with van der Waals surface area (Å²) in [5.41, 5.74) is -1.31. The number of hydrogen-bond donors (Lipinski definition) is 3. The average Bonchev–Trinajstić information content (AvgIpc) is 3.61. The molecule has 8 nitrogen and oxygen atoms in total. The zero-order valence-corrected chi connectivity index (χ0v) is 31.9. The summed E-state index contributed by atoms with van der Waals surface area (Å²) in [5.74, 6) is 1.77. The van der Waals surface area contributed by atoms with Crippen LogP contribution in [0.2, 0.25) is 0 Å². The van der Waals surface area contributed by atoms with E-state index < -0.39 is 23.4 Å². The standard InChI is InChI=1S/C40H69NO7/c1-11-45-33(36(7,8)44)25-20-24(2)30-31(47-25)32(42)38(10)27-13-12-26-35(5,6)28(48-29-21-41(18-19-46-29)23-34(3,4)43)14-15-39(26)22-40(27,39)17-16-37(30,38)9/h24-33,42-44H,11-23H2,1-10H3/t24-,25-,26+,27+,28+,29+,30+,31+,32+,33+,37-,38-,39?,40+/m1/s1. The molecule has 0 bridgehead atoms. The third-order valence-corrected chi connectivity index (χ3v) is 16.2. The van der Waals surface area contributed by atoms with Crippen molar-refractivity contribution in [1.29, 1.82) is 0 Å². The molecule has 5 saturated carbocycles. The Morgan fingerprint density at radius 1 is 0.958 bits per heavy atom. The molecular formula is C40H69NO7. The van der Waals surface area contributed by atoms with Gasteiger partial charge in [-0.05, 0) is 131 Å². The number of rotatable bonds is 8. The van der Waals surface area contributed by atoms with Gasteiger partial charge in [-0.15, -0.1) is 0 Å². The summed E-state index contributed by atoms with van der Waals surface area (Å²) in [4.78, 5) is 2.28. The summed E-state index contributed by atoms with van der Waals surface area (Å²) in [5, 5.41) is 34.1. The van der Waals surface area contributed by atoms with Crippen LogP contribution in [0.5, 0.6) is 0 Å². The molecule has 2 saturated heterocycles. The van der Waals surface area contributed by atoms with Gasteiger partial charge in [0.25, 0.3) is 0 Å². The molecule has 0 radical (unpaired) electrons. The second-order valence-electron chi connectivity index (χ2n) is 20.1. The molecule has 0 aromatic rings. The number of hydrogen-bond acceptors (Lipinski definition) is 8. The second kappa shape index (κ2) is 11.6. The van der Waals surface area contributed by atoms with Crippen LogP contribution in [0.25, 0.3) is 0 Å². The van der Waals surface area contributed by atoms with Gasteiger partial charge in [0.05, 0.1) is 42.2 Å². The maximum atomic E-state index is 12.6. The highest BCUT2D eigenvalue weighted by molar-refractivity contribution is 5.33. The maximum absolute atomic E-state index is 12.6. The minimum Gasteiger partial charge on any atom is -0.390 e. The summed E-state index contributed by atoms with van der Waals surface area (Å²) in [6.45, 7) is 25.0. The monoisotopic (exact) mass is 676 g/mol. The normalized spacial score (nSPS) is 50.8. The predicted molar refractivity (Wildman–Crippen MR) is 185 cm³/mol. The van der Waals surface area contributed by atoms with Crippen molar-refractivity contribution in [2.45, 2.75) is 169 Å². The number of aliphatic hydroxyl groups is 3. The lowest BCUT2D eigenvalue weighted by molar-refractivity contribution is -0.250. The van der Waals surface area contributed by atoms with E-state index in [1.165, 1.54) is 25.7 Å². The molecule has 2 spiro atoms. The van der Waals surface area contributed by atoms with Crippen molar-refractivity contribution in [3.63, 3.8) is 0 Å². The van der Waals surface area contributed by atoms with Crippen molar-refractivity contribution in [1.82, 2.24) is 4.90 Å². The molecule has 8 heteroatoms. The largest absolute Gasteiger partial charge is 0.390 e. The van der Waals surface area contributed by atoms with E-state index >= 15 is 0 Å². The molecule has 7 aliphatic rings. The van der Waals surface area contributed by atoms with Crippen LogP contribution in [-0.2, 0) is 18.9 Å². The molecule has 3 N–H and O–H groups in total.